The number of aromatic nitrogens is 2. The maximum absolute atomic E-state index is 12.3. The summed E-state index contributed by atoms with van der Waals surface area (Å²) in [6.07, 6.45) is 0.691. The Kier molecular flexibility index (Phi) is 4.43. The molecule has 1 aliphatic rings. The van der Waals surface area contributed by atoms with Crippen LogP contribution >= 0.6 is 11.5 Å². The molecular formula is C11H16N4O3S. The second kappa shape index (κ2) is 6.07. The molecule has 0 unspecified atom stereocenters. The van der Waals surface area contributed by atoms with E-state index in [-0.39, 0.29) is 12.5 Å². The van der Waals surface area contributed by atoms with Crippen LogP contribution in [0, 0.1) is 0 Å². The van der Waals surface area contributed by atoms with Crippen molar-refractivity contribution in [3.8, 4) is 0 Å². The van der Waals surface area contributed by atoms with E-state index in [0.29, 0.717) is 37.5 Å². The van der Waals surface area contributed by atoms with Gasteiger partial charge in [0.05, 0.1) is 12.2 Å². The highest BCUT2D eigenvalue weighted by atomic mass is 32.1. The van der Waals surface area contributed by atoms with Crippen LogP contribution in [0.5, 0.6) is 0 Å². The van der Waals surface area contributed by atoms with Crippen LogP contribution in [0.3, 0.4) is 0 Å². The maximum Gasteiger partial charge on any atom is 0.317 e. The van der Waals surface area contributed by atoms with Gasteiger partial charge in [-0.2, -0.15) is 0 Å². The SMILES string of the molecule is CCc1nnsc1C(=O)N1CCN(CC(=O)O)CC1. The Labute approximate surface area is 115 Å². The summed E-state index contributed by atoms with van der Waals surface area (Å²) in [6, 6.07) is 0. The number of carboxylic acids is 1. The minimum atomic E-state index is -0.834. The number of aryl methyl sites for hydroxylation is 1. The van der Waals surface area contributed by atoms with Crippen LogP contribution in [-0.4, -0.2) is 69.1 Å². The highest BCUT2D eigenvalue weighted by molar-refractivity contribution is 7.08. The fraction of sp³-hybridized carbons (Fsp3) is 0.636. The summed E-state index contributed by atoms with van der Waals surface area (Å²) in [6.45, 7) is 4.25. The van der Waals surface area contributed by atoms with Gasteiger partial charge in [-0.25, -0.2) is 0 Å². The molecule has 1 fully saturated rings. The molecule has 2 heterocycles. The van der Waals surface area contributed by atoms with Gasteiger partial charge in [0.15, 0.2) is 0 Å². The first kappa shape index (κ1) is 13.9. The topological polar surface area (TPSA) is 86.6 Å². The van der Waals surface area contributed by atoms with Crippen LogP contribution in [0.4, 0.5) is 0 Å². The van der Waals surface area contributed by atoms with E-state index in [2.05, 4.69) is 9.59 Å². The van der Waals surface area contributed by atoms with Crippen molar-refractivity contribution >= 4 is 23.4 Å². The predicted molar refractivity (Wildman–Crippen MR) is 69.3 cm³/mol. The van der Waals surface area contributed by atoms with Crippen molar-refractivity contribution < 1.29 is 14.7 Å². The normalized spacial score (nSPS) is 16.6. The molecule has 1 aromatic heterocycles. The van der Waals surface area contributed by atoms with E-state index in [1.54, 1.807) is 4.90 Å². The van der Waals surface area contributed by atoms with Crippen molar-refractivity contribution in [2.75, 3.05) is 32.7 Å². The van der Waals surface area contributed by atoms with Crippen LogP contribution in [0.25, 0.3) is 0 Å². The van der Waals surface area contributed by atoms with Crippen molar-refractivity contribution in [3.63, 3.8) is 0 Å². The van der Waals surface area contributed by atoms with E-state index < -0.39 is 5.97 Å². The second-order valence-electron chi connectivity index (χ2n) is 4.36. The minimum Gasteiger partial charge on any atom is -0.480 e. The molecule has 1 aromatic rings. The van der Waals surface area contributed by atoms with E-state index in [9.17, 15) is 9.59 Å². The monoisotopic (exact) mass is 284 g/mol. The van der Waals surface area contributed by atoms with Crippen molar-refractivity contribution in [3.05, 3.63) is 10.6 Å². The van der Waals surface area contributed by atoms with E-state index in [1.807, 2.05) is 11.8 Å². The van der Waals surface area contributed by atoms with Gasteiger partial charge >= 0.3 is 5.97 Å². The third-order valence-electron chi connectivity index (χ3n) is 3.10. The zero-order valence-corrected chi connectivity index (χ0v) is 11.5. The maximum atomic E-state index is 12.3. The summed E-state index contributed by atoms with van der Waals surface area (Å²) >= 11 is 1.13. The molecule has 8 heteroatoms. The molecule has 7 nitrogen and oxygen atoms in total. The lowest BCUT2D eigenvalue weighted by molar-refractivity contribution is -0.138. The van der Waals surface area contributed by atoms with Gasteiger partial charge in [-0.3, -0.25) is 14.5 Å². The number of carbonyl (C=O) groups is 2. The predicted octanol–water partition coefficient (Wildman–Crippen LogP) is -0.0571. The lowest BCUT2D eigenvalue weighted by Gasteiger charge is -2.33. The first-order chi connectivity index (χ1) is 9.11. The molecule has 0 aliphatic carbocycles. The van der Waals surface area contributed by atoms with Gasteiger partial charge in [0.1, 0.15) is 4.88 Å². The van der Waals surface area contributed by atoms with Gasteiger partial charge in [-0.05, 0) is 18.0 Å². The average Bonchev–Trinajstić information content (AvgIpc) is 2.86. The number of rotatable bonds is 4. The summed E-state index contributed by atoms with van der Waals surface area (Å²) in [4.78, 5) is 27.1. The summed E-state index contributed by atoms with van der Waals surface area (Å²) in [5.41, 5.74) is 0.739. The van der Waals surface area contributed by atoms with Gasteiger partial charge in [-0.15, -0.1) is 5.10 Å². The van der Waals surface area contributed by atoms with E-state index >= 15 is 0 Å². The molecule has 0 saturated carbocycles. The van der Waals surface area contributed by atoms with Crippen LogP contribution in [0.2, 0.25) is 0 Å². The Morgan fingerprint density at radius 3 is 2.58 bits per heavy atom. The quantitative estimate of drug-likeness (QED) is 0.833. The molecule has 19 heavy (non-hydrogen) atoms. The second-order valence-corrected chi connectivity index (χ2v) is 5.12. The smallest absolute Gasteiger partial charge is 0.317 e. The molecule has 2 rings (SSSR count). The summed E-state index contributed by atoms with van der Waals surface area (Å²) < 4.78 is 3.82. The molecule has 1 saturated heterocycles. The zero-order valence-electron chi connectivity index (χ0n) is 10.7. The van der Waals surface area contributed by atoms with Crippen LogP contribution in [-0.2, 0) is 11.2 Å². The van der Waals surface area contributed by atoms with Gasteiger partial charge in [0.25, 0.3) is 5.91 Å². The lowest BCUT2D eigenvalue weighted by atomic mass is 10.2. The zero-order chi connectivity index (χ0) is 13.8. The van der Waals surface area contributed by atoms with Crippen LogP contribution in [0.1, 0.15) is 22.3 Å². The number of amides is 1. The number of nitrogens with zero attached hydrogens (tertiary/aromatic N) is 4. The van der Waals surface area contributed by atoms with Crippen molar-refractivity contribution in [1.82, 2.24) is 19.4 Å². The number of hydrogen-bond donors (Lipinski definition) is 1. The summed E-state index contributed by atoms with van der Waals surface area (Å²) in [7, 11) is 0. The summed E-state index contributed by atoms with van der Waals surface area (Å²) in [5.74, 6) is -0.874. The fourth-order valence-corrected chi connectivity index (χ4v) is 2.77. The number of carboxylic acid groups (broad SMARTS) is 1. The Bertz CT molecular complexity index is 468. The Morgan fingerprint density at radius 2 is 2.00 bits per heavy atom. The molecule has 0 atom stereocenters. The highest BCUT2D eigenvalue weighted by Gasteiger charge is 2.26. The average molecular weight is 284 g/mol. The summed E-state index contributed by atoms with van der Waals surface area (Å²) in [5, 5.41) is 12.7. The van der Waals surface area contributed by atoms with E-state index in [1.165, 1.54) is 0 Å². The Hall–Kier alpha value is -1.54. The standard InChI is InChI=1S/C11H16N4O3S/c1-2-8-10(19-13-12-8)11(18)15-5-3-14(4-6-15)7-9(16)17/h2-7H2,1H3,(H,16,17). The van der Waals surface area contributed by atoms with Gasteiger partial charge in [0.2, 0.25) is 0 Å². The first-order valence-corrected chi connectivity index (χ1v) is 6.93. The molecule has 104 valence electrons. The molecule has 1 N–H and O–H groups in total. The van der Waals surface area contributed by atoms with Gasteiger partial charge < -0.3 is 10.0 Å². The first-order valence-electron chi connectivity index (χ1n) is 6.16. The Balaban J connectivity index is 1.94. The van der Waals surface area contributed by atoms with E-state index in [4.69, 9.17) is 5.11 Å². The van der Waals surface area contributed by atoms with Gasteiger partial charge in [0, 0.05) is 26.2 Å². The third kappa shape index (κ3) is 3.27. The van der Waals surface area contributed by atoms with Crippen molar-refractivity contribution in [2.45, 2.75) is 13.3 Å². The van der Waals surface area contributed by atoms with E-state index in [0.717, 1.165) is 17.2 Å². The molecule has 0 spiro atoms. The molecule has 1 aliphatic heterocycles. The third-order valence-corrected chi connectivity index (χ3v) is 3.86. The fourth-order valence-electron chi connectivity index (χ4n) is 2.05. The Morgan fingerprint density at radius 1 is 1.32 bits per heavy atom. The van der Waals surface area contributed by atoms with Crippen molar-refractivity contribution in [2.24, 2.45) is 0 Å². The van der Waals surface area contributed by atoms with Crippen LogP contribution in [0.15, 0.2) is 0 Å². The lowest BCUT2D eigenvalue weighted by Crippen LogP contribution is -2.49. The molecule has 0 bridgehead atoms. The minimum absolute atomic E-state index is 0.0321. The highest BCUT2D eigenvalue weighted by Crippen LogP contribution is 2.15. The van der Waals surface area contributed by atoms with Gasteiger partial charge in [-0.1, -0.05) is 11.4 Å². The largest absolute Gasteiger partial charge is 0.480 e. The number of hydrogen-bond acceptors (Lipinski definition) is 6. The molecular weight excluding hydrogens is 268 g/mol. The van der Waals surface area contributed by atoms with Crippen molar-refractivity contribution in [1.29, 1.82) is 0 Å². The molecule has 0 aromatic carbocycles. The molecule has 1 amide bonds. The number of aliphatic carboxylic acids is 1. The number of carbonyl (C=O) groups excluding carboxylic acids is 1. The molecule has 0 radical (unpaired) electrons. The van der Waals surface area contributed by atoms with Crippen LogP contribution < -0.4 is 0 Å². The number of piperazine rings is 1.